The molecule has 0 saturated carbocycles. The summed E-state index contributed by atoms with van der Waals surface area (Å²) in [5, 5.41) is 3.23. The van der Waals surface area contributed by atoms with Gasteiger partial charge in [-0.2, -0.15) is 0 Å². The number of nitrogens with two attached hydrogens (primary N) is 1. The first kappa shape index (κ1) is 33.3. The molecule has 3 atom stereocenters. The molecule has 204 valence electrons. The molecule has 0 bridgehead atoms. The molecule has 4 nitrogen and oxygen atoms in total. The average molecular weight is 490 g/mol. The van der Waals surface area contributed by atoms with Crippen LogP contribution in [0.1, 0.15) is 119 Å². The van der Waals surface area contributed by atoms with Gasteiger partial charge in [-0.3, -0.25) is 0 Å². The number of aldehydes is 1. The van der Waals surface area contributed by atoms with Crippen molar-refractivity contribution in [3.63, 3.8) is 0 Å². The van der Waals surface area contributed by atoms with Crippen molar-refractivity contribution in [2.75, 3.05) is 36.1 Å². The molecule has 3 N–H and O–H groups in total. The SMILES string of the molecule is CC.CCCCC(C=O)CC.CCCCC1CCC(CCCC)CN(c2ccc(N)c(NC)c2)C1. The second kappa shape index (κ2) is 21.6. The molecule has 1 heterocycles. The summed E-state index contributed by atoms with van der Waals surface area (Å²) in [6.07, 6.45) is 16.4. The van der Waals surface area contributed by atoms with E-state index in [4.69, 9.17) is 5.73 Å². The highest BCUT2D eigenvalue weighted by Crippen LogP contribution is 2.32. The zero-order valence-corrected chi connectivity index (χ0v) is 24.4. The largest absolute Gasteiger partial charge is 0.397 e. The summed E-state index contributed by atoms with van der Waals surface area (Å²) in [7, 11) is 1.95. The van der Waals surface area contributed by atoms with E-state index < -0.39 is 0 Å². The molecule has 4 heteroatoms. The molecule has 1 fully saturated rings. The van der Waals surface area contributed by atoms with E-state index in [1.165, 1.54) is 83.0 Å². The lowest BCUT2D eigenvalue weighted by atomic mass is 9.92. The molecule has 1 aromatic rings. The van der Waals surface area contributed by atoms with E-state index in [1.807, 2.05) is 27.0 Å². The van der Waals surface area contributed by atoms with Crippen molar-refractivity contribution < 1.29 is 4.79 Å². The van der Waals surface area contributed by atoms with Gasteiger partial charge in [-0.05, 0) is 68.6 Å². The van der Waals surface area contributed by atoms with Crippen LogP contribution in [0, 0.1) is 17.8 Å². The van der Waals surface area contributed by atoms with E-state index in [1.54, 1.807) is 0 Å². The fourth-order valence-electron chi connectivity index (χ4n) is 4.81. The van der Waals surface area contributed by atoms with Crippen LogP contribution in [0.5, 0.6) is 0 Å². The quantitative estimate of drug-likeness (QED) is 0.214. The normalized spacial score (nSPS) is 18.3. The van der Waals surface area contributed by atoms with Crippen LogP contribution >= 0.6 is 0 Å². The standard InChI is InChI=1S/C21H37N3.C8H16O.C2H6/c1-4-6-8-17-10-11-18(9-7-5-2)16-24(15-17)19-12-13-20(22)21(14-19)23-3;1-3-5-6-8(4-2)7-9;1-2/h12-14,17-18,23H,4-11,15-16,22H2,1-3H3;7-8H,3-6H2,1-2H3;1-2H3. The van der Waals surface area contributed by atoms with Crippen LogP contribution in [0.2, 0.25) is 0 Å². The highest BCUT2D eigenvalue weighted by Gasteiger charge is 2.24. The molecule has 1 aliphatic heterocycles. The first-order chi connectivity index (χ1) is 17.0. The summed E-state index contributed by atoms with van der Waals surface area (Å²) in [5.41, 5.74) is 9.28. The van der Waals surface area contributed by atoms with E-state index in [2.05, 4.69) is 50.0 Å². The number of carbonyl (C=O) groups excluding carboxylic acids is 1. The highest BCUT2D eigenvalue weighted by molar-refractivity contribution is 5.72. The van der Waals surface area contributed by atoms with Crippen LogP contribution in [0.4, 0.5) is 17.1 Å². The zero-order chi connectivity index (χ0) is 26.5. The van der Waals surface area contributed by atoms with Crippen LogP contribution in [-0.4, -0.2) is 26.4 Å². The minimum Gasteiger partial charge on any atom is -0.397 e. The Bertz CT molecular complexity index is 616. The smallest absolute Gasteiger partial charge is 0.123 e. The molecule has 3 unspecified atom stereocenters. The number of hydrogen-bond acceptors (Lipinski definition) is 4. The lowest BCUT2D eigenvalue weighted by molar-refractivity contribution is -0.111. The first-order valence-corrected chi connectivity index (χ1v) is 14.8. The van der Waals surface area contributed by atoms with Gasteiger partial charge < -0.3 is 20.7 Å². The van der Waals surface area contributed by atoms with E-state index >= 15 is 0 Å². The summed E-state index contributed by atoms with van der Waals surface area (Å²) in [6, 6.07) is 6.48. The van der Waals surface area contributed by atoms with Crippen molar-refractivity contribution in [3.8, 4) is 0 Å². The molecule has 2 rings (SSSR count). The van der Waals surface area contributed by atoms with Gasteiger partial charge in [-0.15, -0.1) is 0 Å². The lowest BCUT2D eigenvalue weighted by Crippen LogP contribution is -2.31. The van der Waals surface area contributed by atoms with E-state index in [-0.39, 0.29) is 0 Å². The minimum atomic E-state index is 0.324. The number of nitrogens with zero attached hydrogens (tertiary/aromatic N) is 1. The van der Waals surface area contributed by atoms with Crippen LogP contribution in [0.25, 0.3) is 0 Å². The van der Waals surface area contributed by atoms with Gasteiger partial charge in [0.2, 0.25) is 0 Å². The predicted molar refractivity (Wildman–Crippen MR) is 159 cm³/mol. The summed E-state index contributed by atoms with van der Waals surface area (Å²) < 4.78 is 0. The Kier molecular flexibility index (Phi) is 20.5. The third-order valence-electron chi connectivity index (χ3n) is 7.19. The van der Waals surface area contributed by atoms with Crippen LogP contribution in [0.15, 0.2) is 18.2 Å². The topological polar surface area (TPSA) is 58.4 Å². The molecule has 1 aromatic carbocycles. The Morgan fingerprint density at radius 2 is 1.51 bits per heavy atom. The van der Waals surface area contributed by atoms with E-state index in [0.29, 0.717) is 5.92 Å². The zero-order valence-electron chi connectivity index (χ0n) is 24.4. The third kappa shape index (κ3) is 13.8. The minimum absolute atomic E-state index is 0.324. The number of nitrogens with one attached hydrogen (secondary N) is 1. The van der Waals surface area contributed by atoms with Crippen molar-refractivity contribution in [2.45, 2.75) is 119 Å². The molecular formula is C31H59N3O. The number of rotatable bonds is 13. The molecule has 0 aromatic heterocycles. The fraction of sp³-hybridized carbons (Fsp3) is 0.774. The molecule has 35 heavy (non-hydrogen) atoms. The van der Waals surface area contributed by atoms with Gasteiger partial charge in [0, 0.05) is 31.7 Å². The van der Waals surface area contributed by atoms with Gasteiger partial charge in [0.25, 0.3) is 0 Å². The maximum Gasteiger partial charge on any atom is 0.123 e. The summed E-state index contributed by atoms with van der Waals surface area (Å²) in [5.74, 6) is 2.00. The maximum absolute atomic E-state index is 10.2. The maximum atomic E-state index is 10.2. The molecule has 0 aliphatic carbocycles. The third-order valence-corrected chi connectivity index (χ3v) is 7.19. The number of unbranched alkanes of at least 4 members (excludes halogenated alkanes) is 3. The van der Waals surface area contributed by atoms with Crippen molar-refractivity contribution in [1.82, 2.24) is 0 Å². The van der Waals surface area contributed by atoms with Crippen molar-refractivity contribution in [3.05, 3.63) is 18.2 Å². The second-order valence-electron chi connectivity index (χ2n) is 9.97. The Labute approximate surface area is 218 Å². The van der Waals surface area contributed by atoms with Crippen LogP contribution in [-0.2, 0) is 4.79 Å². The highest BCUT2D eigenvalue weighted by atomic mass is 16.1. The summed E-state index contributed by atoms with van der Waals surface area (Å²) >= 11 is 0. The van der Waals surface area contributed by atoms with Gasteiger partial charge in [-0.1, -0.05) is 80.1 Å². The molecular weight excluding hydrogens is 430 g/mol. The molecule has 1 aliphatic rings. The number of carbonyl (C=O) groups is 1. The molecule has 0 amide bonds. The fourth-order valence-corrected chi connectivity index (χ4v) is 4.81. The summed E-state index contributed by atoms with van der Waals surface area (Å²) in [6.45, 7) is 15.2. The molecule has 1 saturated heterocycles. The Balaban J connectivity index is 0.000000888. The van der Waals surface area contributed by atoms with Gasteiger partial charge in [0.05, 0.1) is 11.4 Å². The Morgan fingerprint density at radius 1 is 0.971 bits per heavy atom. The van der Waals surface area contributed by atoms with Crippen LogP contribution < -0.4 is 16.0 Å². The van der Waals surface area contributed by atoms with Gasteiger partial charge in [0.15, 0.2) is 0 Å². The van der Waals surface area contributed by atoms with Gasteiger partial charge >= 0.3 is 0 Å². The van der Waals surface area contributed by atoms with Crippen molar-refractivity contribution >= 4 is 23.3 Å². The second-order valence-corrected chi connectivity index (χ2v) is 9.97. The first-order valence-electron chi connectivity index (χ1n) is 14.8. The van der Waals surface area contributed by atoms with Gasteiger partial charge in [-0.25, -0.2) is 0 Å². The van der Waals surface area contributed by atoms with E-state index in [9.17, 15) is 4.79 Å². The predicted octanol–water partition coefficient (Wildman–Crippen LogP) is 8.95. The molecule has 0 radical (unpaired) electrons. The van der Waals surface area contributed by atoms with Crippen LogP contribution in [0.3, 0.4) is 0 Å². The average Bonchev–Trinajstić information content (AvgIpc) is 3.11. The number of nitrogen functional groups attached to an aromatic ring is 1. The molecule has 0 spiro atoms. The lowest BCUT2D eigenvalue weighted by Gasteiger charge is -2.29. The Morgan fingerprint density at radius 3 is 1.94 bits per heavy atom. The Hall–Kier alpha value is -1.71. The van der Waals surface area contributed by atoms with E-state index in [0.717, 1.165) is 42.3 Å². The monoisotopic (exact) mass is 489 g/mol. The number of anilines is 3. The summed E-state index contributed by atoms with van der Waals surface area (Å²) in [4.78, 5) is 12.9. The number of hydrogen-bond donors (Lipinski definition) is 2. The van der Waals surface area contributed by atoms with Gasteiger partial charge in [0.1, 0.15) is 6.29 Å². The number of benzene rings is 1. The van der Waals surface area contributed by atoms with Crippen molar-refractivity contribution in [1.29, 1.82) is 0 Å². The van der Waals surface area contributed by atoms with Crippen molar-refractivity contribution in [2.24, 2.45) is 17.8 Å².